The van der Waals surface area contributed by atoms with Crippen LogP contribution in [0, 0.1) is 13.8 Å². The summed E-state index contributed by atoms with van der Waals surface area (Å²) < 4.78 is 5.93. The number of aryl methyl sites for hydroxylation is 2. The van der Waals surface area contributed by atoms with Crippen LogP contribution in [0.5, 0.6) is 5.75 Å². The molecule has 1 saturated heterocycles. The fraction of sp³-hybridized carbons (Fsp3) is 0.320. The minimum Gasteiger partial charge on any atom is -0.488 e. The van der Waals surface area contributed by atoms with E-state index in [1.807, 2.05) is 23.1 Å². The summed E-state index contributed by atoms with van der Waals surface area (Å²) in [5.41, 5.74) is 5.96. The van der Waals surface area contributed by atoms with Crippen molar-refractivity contribution in [2.75, 3.05) is 24.5 Å². The van der Waals surface area contributed by atoms with Crippen LogP contribution >= 0.6 is 11.3 Å². The highest BCUT2D eigenvalue weighted by molar-refractivity contribution is 7.17. The summed E-state index contributed by atoms with van der Waals surface area (Å²) >= 11 is 1.61. The van der Waals surface area contributed by atoms with Gasteiger partial charge in [-0.25, -0.2) is 0 Å². The average Bonchev–Trinajstić information content (AvgIpc) is 3.17. The first-order valence-corrected chi connectivity index (χ1v) is 11.3. The van der Waals surface area contributed by atoms with Crippen LogP contribution < -0.4 is 9.64 Å². The molecule has 3 heterocycles. The lowest BCUT2D eigenvalue weighted by molar-refractivity contribution is 0.0731. The third-order valence-electron chi connectivity index (χ3n) is 6.11. The van der Waals surface area contributed by atoms with E-state index in [2.05, 4.69) is 56.0 Å². The van der Waals surface area contributed by atoms with Crippen LogP contribution in [-0.2, 0) is 6.61 Å². The zero-order chi connectivity index (χ0) is 20.8. The van der Waals surface area contributed by atoms with Crippen LogP contribution in [0.25, 0.3) is 10.4 Å². The quantitative estimate of drug-likeness (QED) is 0.568. The highest BCUT2D eigenvalue weighted by Crippen LogP contribution is 2.44. The van der Waals surface area contributed by atoms with Crippen LogP contribution in [0.4, 0.5) is 5.69 Å². The number of carbonyl (C=O) groups is 1. The SMILES string of the molecule is Cc1cccc(N2CCN(C(=O)c3cc4c(s3)-c3c(C)cccc3OC4)CC2C)c1. The van der Waals surface area contributed by atoms with E-state index in [1.165, 1.54) is 21.7 Å². The minimum absolute atomic E-state index is 0.139. The first kappa shape index (κ1) is 19.2. The maximum absolute atomic E-state index is 13.3. The monoisotopic (exact) mass is 418 g/mol. The molecular weight excluding hydrogens is 392 g/mol. The summed E-state index contributed by atoms with van der Waals surface area (Å²) in [6.07, 6.45) is 0. The summed E-state index contributed by atoms with van der Waals surface area (Å²) in [5.74, 6) is 1.06. The first-order valence-electron chi connectivity index (χ1n) is 10.5. The van der Waals surface area contributed by atoms with E-state index in [0.29, 0.717) is 6.61 Å². The maximum Gasteiger partial charge on any atom is 0.264 e. The van der Waals surface area contributed by atoms with Crippen molar-refractivity contribution in [3.8, 4) is 16.2 Å². The van der Waals surface area contributed by atoms with Gasteiger partial charge in [-0.15, -0.1) is 11.3 Å². The number of piperazine rings is 1. The molecule has 154 valence electrons. The lowest BCUT2D eigenvalue weighted by Gasteiger charge is -2.41. The van der Waals surface area contributed by atoms with Gasteiger partial charge in [-0.1, -0.05) is 24.3 Å². The van der Waals surface area contributed by atoms with Crippen molar-refractivity contribution >= 4 is 22.9 Å². The number of benzene rings is 2. The second kappa shape index (κ2) is 7.47. The third-order valence-corrected chi connectivity index (χ3v) is 7.30. The third kappa shape index (κ3) is 3.27. The molecule has 5 rings (SSSR count). The number of hydrogen-bond donors (Lipinski definition) is 0. The van der Waals surface area contributed by atoms with Crippen molar-refractivity contribution in [1.29, 1.82) is 0 Å². The van der Waals surface area contributed by atoms with Gasteiger partial charge in [0, 0.05) is 47.4 Å². The molecule has 2 aliphatic heterocycles. The molecule has 30 heavy (non-hydrogen) atoms. The summed E-state index contributed by atoms with van der Waals surface area (Å²) in [4.78, 5) is 19.7. The Labute approximate surface area is 181 Å². The first-order chi connectivity index (χ1) is 14.5. The van der Waals surface area contributed by atoms with E-state index in [4.69, 9.17) is 4.74 Å². The number of rotatable bonds is 2. The zero-order valence-corrected chi connectivity index (χ0v) is 18.5. The summed E-state index contributed by atoms with van der Waals surface area (Å²) in [6, 6.07) is 17.1. The van der Waals surface area contributed by atoms with Crippen molar-refractivity contribution in [2.24, 2.45) is 0 Å². The second-order valence-electron chi connectivity index (χ2n) is 8.33. The standard InChI is InChI=1S/C25H26N2O2S/c1-16-6-4-8-20(12-16)27-11-10-26(14-18(27)3)25(28)22-13-19-15-29-21-9-5-7-17(2)23(21)24(19)30-22/h4-9,12-13,18H,10-11,14-15H2,1-3H3. The smallest absolute Gasteiger partial charge is 0.264 e. The predicted molar refractivity (Wildman–Crippen MR) is 123 cm³/mol. The highest BCUT2D eigenvalue weighted by atomic mass is 32.1. The van der Waals surface area contributed by atoms with Crippen molar-refractivity contribution < 1.29 is 9.53 Å². The Bertz CT molecular complexity index is 1120. The molecule has 0 saturated carbocycles. The van der Waals surface area contributed by atoms with E-state index in [1.54, 1.807) is 11.3 Å². The fourth-order valence-electron chi connectivity index (χ4n) is 4.55. The largest absolute Gasteiger partial charge is 0.488 e. The molecule has 1 fully saturated rings. The molecule has 3 aromatic rings. The number of ether oxygens (including phenoxy) is 1. The number of anilines is 1. The van der Waals surface area contributed by atoms with Crippen molar-refractivity contribution in [3.05, 3.63) is 70.1 Å². The van der Waals surface area contributed by atoms with Crippen molar-refractivity contribution in [1.82, 2.24) is 4.90 Å². The molecule has 4 nitrogen and oxygen atoms in total. The lowest BCUT2D eigenvalue weighted by atomic mass is 10.0. The molecule has 2 aromatic carbocycles. The summed E-state index contributed by atoms with van der Waals surface area (Å²) in [5, 5.41) is 0. The van der Waals surface area contributed by atoms with Gasteiger partial charge < -0.3 is 14.5 Å². The molecule has 1 aromatic heterocycles. The Hall–Kier alpha value is -2.79. The molecule has 0 bridgehead atoms. The molecule has 1 unspecified atom stereocenters. The Morgan fingerprint density at radius 2 is 1.93 bits per heavy atom. The number of carbonyl (C=O) groups excluding carboxylic acids is 1. The lowest BCUT2D eigenvalue weighted by Crippen LogP contribution is -2.53. The average molecular weight is 419 g/mol. The molecule has 0 spiro atoms. The molecule has 2 aliphatic rings. The van der Waals surface area contributed by atoms with Crippen molar-refractivity contribution in [2.45, 2.75) is 33.4 Å². The number of hydrogen-bond acceptors (Lipinski definition) is 4. The molecule has 5 heteroatoms. The van der Waals surface area contributed by atoms with Crippen LogP contribution in [0.2, 0.25) is 0 Å². The summed E-state index contributed by atoms with van der Waals surface area (Å²) in [7, 11) is 0. The Morgan fingerprint density at radius 1 is 1.10 bits per heavy atom. The van der Waals surface area contributed by atoms with E-state index < -0.39 is 0 Å². The Kier molecular flexibility index (Phi) is 4.78. The van der Waals surface area contributed by atoms with Gasteiger partial charge in [0.2, 0.25) is 0 Å². The molecule has 0 N–H and O–H groups in total. The van der Waals surface area contributed by atoms with Gasteiger partial charge in [0.1, 0.15) is 12.4 Å². The molecule has 1 atom stereocenters. The van der Waals surface area contributed by atoms with Gasteiger partial charge >= 0.3 is 0 Å². The zero-order valence-electron chi connectivity index (χ0n) is 17.6. The van der Waals surface area contributed by atoms with Gasteiger partial charge in [0.05, 0.1) is 4.88 Å². The molecule has 1 amide bonds. The Balaban J connectivity index is 1.36. The van der Waals surface area contributed by atoms with Gasteiger partial charge in [-0.3, -0.25) is 4.79 Å². The number of nitrogens with zero attached hydrogens (tertiary/aromatic N) is 2. The van der Waals surface area contributed by atoms with Gasteiger partial charge in [0.25, 0.3) is 5.91 Å². The van der Waals surface area contributed by atoms with Gasteiger partial charge in [-0.2, -0.15) is 0 Å². The fourth-order valence-corrected chi connectivity index (χ4v) is 5.80. The number of fused-ring (bicyclic) bond motifs is 3. The normalized spacial score (nSPS) is 17.9. The Morgan fingerprint density at radius 3 is 2.73 bits per heavy atom. The van der Waals surface area contributed by atoms with Crippen LogP contribution in [0.3, 0.4) is 0 Å². The second-order valence-corrected chi connectivity index (χ2v) is 9.39. The van der Waals surface area contributed by atoms with Gasteiger partial charge in [0.15, 0.2) is 0 Å². The van der Waals surface area contributed by atoms with E-state index in [9.17, 15) is 4.79 Å². The maximum atomic E-state index is 13.3. The number of amides is 1. The molecule has 0 aliphatic carbocycles. The van der Waals surface area contributed by atoms with Crippen molar-refractivity contribution in [3.63, 3.8) is 0 Å². The van der Waals surface area contributed by atoms with E-state index in [-0.39, 0.29) is 11.9 Å². The summed E-state index contributed by atoms with van der Waals surface area (Å²) in [6.45, 7) is 9.29. The van der Waals surface area contributed by atoms with Crippen LogP contribution in [0.1, 0.15) is 33.3 Å². The van der Waals surface area contributed by atoms with Crippen LogP contribution in [-0.4, -0.2) is 36.5 Å². The highest BCUT2D eigenvalue weighted by Gasteiger charge is 2.30. The molecule has 0 radical (unpaired) electrons. The predicted octanol–water partition coefficient (Wildman–Crippen LogP) is 5.28. The van der Waals surface area contributed by atoms with E-state index in [0.717, 1.165) is 41.4 Å². The topological polar surface area (TPSA) is 32.8 Å². The van der Waals surface area contributed by atoms with Crippen LogP contribution in [0.15, 0.2) is 48.5 Å². The van der Waals surface area contributed by atoms with Gasteiger partial charge in [-0.05, 0) is 56.2 Å². The van der Waals surface area contributed by atoms with E-state index >= 15 is 0 Å². The minimum atomic E-state index is 0.139. The molecular formula is C25H26N2O2S. The number of thiophene rings is 1.